The first-order valence-electron chi connectivity index (χ1n) is 11.3. The highest BCUT2D eigenvalue weighted by molar-refractivity contribution is 7.80. The van der Waals surface area contributed by atoms with E-state index in [0.717, 1.165) is 16.5 Å². The number of aromatic nitrogens is 2. The molecule has 1 aliphatic rings. The third-order valence-corrected chi connectivity index (χ3v) is 6.70. The van der Waals surface area contributed by atoms with Crippen LogP contribution >= 0.6 is 12.2 Å². The van der Waals surface area contributed by atoms with E-state index in [0.29, 0.717) is 0 Å². The Balaban J connectivity index is 1.69. The van der Waals surface area contributed by atoms with Gasteiger partial charge in [-0.2, -0.15) is 0 Å². The van der Waals surface area contributed by atoms with E-state index in [4.69, 9.17) is 12.2 Å². The first kappa shape index (κ1) is 21.4. The van der Waals surface area contributed by atoms with Crippen LogP contribution < -0.4 is 10.2 Å². The molecule has 2 atom stereocenters. The average Bonchev–Trinajstić information content (AvgIpc) is 3.29. The molecule has 1 fully saturated rings. The Labute approximate surface area is 200 Å². The van der Waals surface area contributed by atoms with Crippen LogP contribution in [0.5, 0.6) is 0 Å². The summed E-state index contributed by atoms with van der Waals surface area (Å²) in [5.41, 5.74) is 9.46. The third-order valence-electron chi connectivity index (χ3n) is 6.39. The number of hydrogen-bond acceptors (Lipinski definition) is 2. The molecule has 1 saturated heterocycles. The minimum absolute atomic E-state index is 0.0133. The minimum Gasteiger partial charge on any atom is -0.351 e. The predicted molar refractivity (Wildman–Crippen MR) is 139 cm³/mol. The molecular formula is C28H28N4S. The molecule has 33 heavy (non-hydrogen) atoms. The summed E-state index contributed by atoms with van der Waals surface area (Å²) in [6, 6.07) is 25.4. The summed E-state index contributed by atoms with van der Waals surface area (Å²) in [5.74, 6) is 0. The molecule has 3 heterocycles. The number of anilines is 1. The first-order valence-corrected chi connectivity index (χ1v) is 11.7. The van der Waals surface area contributed by atoms with Crippen molar-refractivity contribution in [3.05, 3.63) is 113 Å². The molecule has 5 rings (SSSR count). The van der Waals surface area contributed by atoms with Crippen molar-refractivity contribution in [1.82, 2.24) is 14.9 Å². The second-order valence-electron chi connectivity index (χ2n) is 8.84. The molecule has 0 saturated carbocycles. The molecule has 0 amide bonds. The van der Waals surface area contributed by atoms with E-state index in [1.807, 2.05) is 24.4 Å². The third kappa shape index (κ3) is 3.83. The van der Waals surface area contributed by atoms with Crippen molar-refractivity contribution in [2.75, 3.05) is 4.90 Å². The van der Waals surface area contributed by atoms with E-state index >= 15 is 0 Å². The highest BCUT2D eigenvalue weighted by Crippen LogP contribution is 2.43. The Morgan fingerprint density at radius 2 is 1.52 bits per heavy atom. The number of rotatable bonds is 4. The quantitative estimate of drug-likeness (QED) is 0.369. The van der Waals surface area contributed by atoms with Gasteiger partial charge in [-0.05, 0) is 99.1 Å². The Kier molecular flexibility index (Phi) is 5.51. The fourth-order valence-corrected chi connectivity index (χ4v) is 5.45. The van der Waals surface area contributed by atoms with E-state index in [-0.39, 0.29) is 12.1 Å². The summed E-state index contributed by atoms with van der Waals surface area (Å²) in [6.07, 6.45) is 1.85. The molecule has 0 radical (unpaired) electrons. The Hall–Kier alpha value is -3.44. The van der Waals surface area contributed by atoms with Gasteiger partial charge in [0, 0.05) is 29.0 Å². The van der Waals surface area contributed by atoms with Crippen LogP contribution in [-0.2, 0) is 0 Å². The molecule has 0 unspecified atom stereocenters. The van der Waals surface area contributed by atoms with Crippen molar-refractivity contribution >= 4 is 23.0 Å². The molecule has 0 aliphatic carbocycles. The second-order valence-corrected chi connectivity index (χ2v) is 9.23. The molecule has 2 aromatic carbocycles. The van der Waals surface area contributed by atoms with Crippen LogP contribution in [0.2, 0.25) is 0 Å². The summed E-state index contributed by atoms with van der Waals surface area (Å²) in [5, 5.41) is 4.29. The van der Waals surface area contributed by atoms with Gasteiger partial charge in [-0.25, -0.2) is 0 Å². The van der Waals surface area contributed by atoms with Crippen molar-refractivity contribution in [2.24, 2.45) is 0 Å². The SMILES string of the molecule is Cc1cc(C)cc(-n2c(C)cc([C@@H]3[C@@H](c4ccccn4)NC(=S)N3c3ccccc3)c2C)c1. The van der Waals surface area contributed by atoms with Gasteiger partial charge in [-0.3, -0.25) is 4.98 Å². The average molecular weight is 453 g/mol. The Morgan fingerprint density at radius 1 is 0.818 bits per heavy atom. The van der Waals surface area contributed by atoms with Gasteiger partial charge in [-0.15, -0.1) is 0 Å². The number of pyridine rings is 1. The second kappa shape index (κ2) is 8.49. The van der Waals surface area contributed by atoms with Crippen LogP contribution in [0.3, 0.4) is 0 Å². The van der Waals surface area contributed by atoms with E-state index in [1.54, 1.807) is 0 Å². The zero-order valence-corrected chi connectivity index (χ0v) is 20.2. The maximum Gasteiger partial charge on any atom is 0.174 e. The molecule has 4 aromatic rings. The molecule has 5 heteroatoms. The lowest BCUT2D eigenvalue weighted by molar-refractivity contribution is 0.565. The van der Waals surface area contributed by atoms with Gasteiger partial charge in [0.1, 0.15) is 0 Å². The maximum absolute atomic E-state index is 5.87. The smallest absolute Gasteiger partial charge is 0.174 e. The van der Waals surface area contributed by atoms with Crippen LogP contribution in [-0.4, -0.2) is 14.7 Å². The summed E-state index contributed by atoms with van der Waals surface area (Å²) >= 11 is 5.87. The highest BCUT2D eigenvalue weighted by atomic mass is 32.1. The van der Waals surface area contributed by atoms with Gasteiger partial charge in [0.2, 0.25) is 0 Å². The van der Waals surface area contributed by atoms with E-state index in [9.17, 15) is 0 Å². The molecule has 4 nitrogen and oxygen atoms in total. The number of thiocarbonyl (C=S) groups is 1. The van der Waals surface area contributed by atoms with Gasteiger partial charge < -0.3 is 14.8 Å². The van der Waals surface area contributed by atoms with Crippen molar-refractivity contribution in [3.63, 3.8) is 0 Å². The lowest BCUT2D eigenvalue weighted by Gasteiger charge is -2.28. The zero-order chi connectivity index (χ0) is 23.1. The van der Waals surface area contributed by atoms with Gasteiger partial charge in [0.05, 0.1) is 17.8 Å². The van der Waals surface area contributed by atoms with Crippen molar-refractivity contribution in [2.45, 2.75) is 39.8 Å². The summed E-state index contributed by atoms with van der Waals surface area (Å²) < 4.78 is 2.36. The molecule has 1 aliphatic heterocycles. The predicted octanol–water partition coefficient (Wildman–Crippen LogP) is 6.28. The van der Waals surface area contributed by atoms with E-state index in [1.165, 1.54) is 33.8 Å². The largest absolute Gasteiger partial charge is 0.351 e. The topological polar surface area (TPSA) is 33.1 Å². The lowest BCUT2D eigenvalue weighted by Crippen LogP contribution is -2.29. The van der Waals surface area contributed by atoms with Crippen LogP contribution in [0.15, 0.2) is 79.0 Å². The zero-order valence-electron chi connectivity index (χ0n) is 19.4. The van der Waals surface area contributed by atoms with Crippen molar-refractivity contribution in [3.8, 4) is 5.69 Å². The molecule has 166 valence electrons. The minimum atomic E-state index is -0.0490. The number of aryl methyl sites for hydroxylation is 3. The number of hydrogen-bond donors (Lipinski definition) is 1. The summed E-state index contributed by atoms with van der Waals surface area (Å²) in [6.45, 7) is 8.69. The molecule has 0 bridgehead atoms. The Morgan fingerprint density at radius 3 is 2.18 bits per heavy atom. The molecule has 0 spiro atoms. The Bertz CT molecular complexity index is 1290. The normalized spacial score (nSPS) is 17.9. The standard InChI is InChI=1S/C28H28N4S/c1-18-14-19(2)16-23(15-18)31-20(3)17-24(21(31)4)27-26(25-12-8-9-13-29-25)30-28(33)32(27)22-10-6-5-7-11-22/h5-17,26-27H,1-4H3,(H,30,33)/t26-,27-/m1/s1. The van der Waals surface area contributed by atoms with Crippen molar-refractivity contribution in [1.29, 1.82) is 0 Å². The van der Waals surface area contributed by atoms with Crippen LogP contribution in [0.1, 0.15) is 45.9 Å². The first-order chi connectivity index (χ1) is 15.9. The number of nitrogens with one attached hydrogen (secondary N) is 1. The number of nitrogens with zero attached hydrogens (tertiary/aromatic N) is 3. The highest BCUT2D eigenvalue weighted by Gasteiger charge is 2.42. The molecule has 2 aromatic heterocycles. The van der Waals surface area contributed by atoms with Crippen LogP contribution in [0, 0.1) is 27.7 Å². The molecular weight excluding hydrogens is 424 g/mol. The summed E-state index contributed by atoms with van der Waals surface area (Å²) in [4.78, 5) is 6.92. The van der Waals surface area contributed by atoms with Crippen molar-refractivity contribution < 1.29 is 0 Å². The summed E-state index contributed by atoms with van der Waals surface area (Å²) in [7, 11) is 0. The molecule has 1 N–H and O–H groups in total. The van der Waals surface area contributed by atoms with E-state index < -0.39 is 0 Å². The lowest BCUT2D eigenvalue weighted by atomic mass is 9.96. The fourth-order valence-electron chi connectivity index (χ4n) is 5.10. The van der Waals surface area contributed by atoms with Gasteiger partial charge >= 0.3 is 0 Å². The van der Waals surface area contributed by atoms with Gasteiger partial charge in [0.25, 0.3) is 0 Å². The fraction of sp³-hybridized carbons (Fsp3) is 0.214. The van der Waals surface area contributed by atoms with E-state index in [2.05, 4.69) is 102 Å². The van der Waals surface area contributed by atoms with Crippen LogP contribution in [0.4, 0.5) is 5.69 Å². The van der Waals surface area contributed by atoms with Crippen LogP contribution in [0.25, 0.3) is 5.69 Å². The van der Waals surface area contributed by atoms with Gasteiger partial charge in [0.15, 0.2) is 5.11 Å². The number of para-hydroxylation sites is 1. The monoisotopic (exact) mass is 452 g/mol. The number of benzene rings is 2. The maximum atomic E-state index is 5.87. The van der Waals surface area contributed by atoms with Gasteiger partial charge in [-0.1, -0.05) is 30.3 Å².